The van der Waals surface area contributed by atoms with E-state index < -0.39 is 0 Å². The van der Waals surface area contributed by atoms with Crippen LogP contribution in [-0.2, 0) is 4.79 Å². The monoisotopic (exact) mass is 361 g/mol. The van der Waals surface area contributed by atoms with Gasteiger partial charge in [-0.3, -0.25) is 9.59 Å². The average Bonchev–Trinajstić information content (AvgIpc) is 2.73. The van der Waals surface area contributed by atoms with Crippen molar-refractivity contribution >= 4 is 11.8 Å². The number of methoxy groups -OCH3 is 2. The highest BCUT2D eigenvalue weighted by Gasteiger charge is 2.30. The molecule has 2 aliphatic rings. The third kappa shape index (κ3) is 3.93. The number of hydrogen-bond acceptors (Lipinski definition) is 5. The lowest BCUT2D eigenvalue weighted by molar-refractivity contribution is -0.135. The maximum Gasteiger partial charge on any atom is 0.254 e. The van der Waals surface area contributed by atoms with Gasteiger partial charge in [0, 0.05) is 31.7 Å². The molecule has 2 aliphatic heterocycles. The molecule has 0 spiro atoms. The number of carbonyl (C=O) groups excluding carboxylic acids is 2. The molecule has 26 heavy (non-hydrogen) atoms. The number of hydrogen-bond donors (Lipinski definition) is 1. The maximum absolute atomic E-state index is 12.8. The van der Waals surface area contributed by atoms with E-state index in [1.807, 2.05) is 4.90 Å². The van der Waals surface area contributed by atoms with Crippen molar-refractivity contribution in [1.29, 1.82) is 0 Å². The first-order chi connectivity index (χ1) is 12.6. The summed E-state index contributed by atoms with van der Waals surface area (Å²) < 4.78 is 10.5. The van der Waals surface area contributed by atoms with Gasteiger partial charge in [-0.1, -0.05) is 6.42 Å². The molecule has 7 nitrogen and oxygen atoms in total. The summed E-state index contributed by atoms with van der Waals surface area (Å²) >= 11 is 0. The summed E-state index contributed by atoms with van der Waals surface area (Å²) in [4.78, 5) is 29.0. The quantitative estimate of drug-likeness (QED) is 0.871. The molecule has 0 radical (unpaired) electrons. The van der Waals surface area contributed by atoms with Crippen LogP contribution in [0.3, 0.4) is 0 Å². The third-order valence-corrected chi connectivity index (χ3v) is 5.12. The van der Waals surface area contributed by atoms with Gasteiger partial charge in [-0.15, -0.1) is 0 Å². The van der Waals surface area contributed by atoms with E-state index in [9.17, 15) is 9.59 Å². The van der Waals surface area contributed by atoms with Crippen molar-refractivity contribution in [3.05, 3.63) is 23.8 Å². The third-order valence-electron chi connectivity index (χ3n) is 5.12. The van der Waals surface area contributed by atoms with Gasteiger partial charge in [0.25, 0.3) is 5.91 Å². The lowest BCUT2D eigenvalue weighted by atomic mass is 10.0. The summed E-state index contributed by atoms with van der Waals surface area (Å²) in [5.41, 5.74) is 0.566. The van der Waals surface area contributed by atoms with Gasteiger partial charge in [0.1, 0.15) is 0 Å². The van der Waals surface area contributed by atoms with Crippen LogP contribution in [0.4, 0.5) is 0 Å². The highest BCUT2D eigenvalue weighted by Crippen LogP contribution is 2.28. The number of ether oxygens (including phenoxy) is 2. The molecular formula is C19H27N3O4. The molecule has 2 saturated heterocycles. The first kappa shape index (κ1) is 18.5. The standard InChI is InChI=1S/C19H27N3O4/c1-25-16-7-6-14(13-17(16)26-2)18(23)21-9-11-22(12-10-21)19(24)15-5-3-4-8-20-15/h6-7,13,15,20H,3-5,8-12H2,1-2H3. The molecule has 0 saturated carbocycles. The fourth-order valence-corrected chi connectivity index (χ4v) is 3.56. The topological polar surface area (TPSA) is 71.1 Å². The van der Waals surface area contributed by atoms with Gasteiger partial charge in [-0.25, -0.2) is 0 Å². The fraction of sp³-hybridized carbons (Fsp3) is 0.579. The van der Waals surface area contributed by atoms with Crippen LogP contribution < -0.4 is 14.8 Å². The average molecular weight is 361 g/mol. The number of nitrogens with one attached hydrogen (secondary N) is 1. The lowest BCUT2D eigenvalue weighted by Gasteiger charge is -2.37. The van der Waals surface area contributed by atoms with Crippen LogP contribution in [0.25, 0.3) is 0 Å². The molecule has 1 aromatic rings. The van der Waals surface area contributed by atoms with E-state index in [1.165, 1.54) is 0 Å². The van der Waals surface area contributed by atoms with E-state index >= 15 is 0 Å². The number of piperazine rings is 1. The molecule has 0 aromatic heterocycles. The SMILES string of the molecule is COc1ccc(C(=O)N2CCN(C(=O)C3CCCCN3)CC2)cc1OC. The highest BCUT2D eigenvalue weighted by atomic mass is 16.5. The molecule has 7 heteroatoms. The summed E-state index contributed by atoms with van der Waals surface area (Å²) in [5, 5.41) is 3.30. The Morgan fingerprint density at radius 1 is 1.00 bits per heavy atom. The lowest BCUT2D eigenvalue weighted by Crippen LogP contribution is -2.55. The van der Waals surface area contributed by atoms with Gasteiger partial charge in [-0.2, -0.15) is 0 Å². The van der Waals surface area contributed by atoms with Crippen LogP contribution in [-0.4, -0.2) is 74.6 Å². The van der Waals surface area contributed by atoms with Crippen LogP contribution in [0.15, 0.2) is 18.2 Å². The smallest absolute Gasteiger partial charge is 0.254 e. The summed E-state index contributed by atoms with van der Waals surface area (Å²) in [6, 6.07) is 5.12. The van der Waals surface area contributed by atoms with Crippen molar-refractivity contribution in [2.24, 2.45) is 0 Å². The minimum Gasteiger partial charge on any atom is -0.493 e. The molecule has 1 atom stereocenters. The Labute approximate surface area is 154 Å². The molecule has 3 rings (SSSR count). The first-order valence-electron chi connectivity index (χ1n) is 9.17. The van der Waals surface area contributed by atoms with Gasteiger partial charge in [-0.05, 0) is 37.6 Å². The van der Waals surface area contributed by atoms with E-state index in [4.69, 9.17) is 9.47 Å². The van der Waals surface area contributed by atoms with Crippen LogP contribution in [0.1, 0.15) is 29.6 Å². The van der Waals surface area contributed by atoms with Crippen molar-refractivity contribution in [2.45, 2.75) is 25.3 Å². The second-order valence-electron chi connectivity index (χ2n) is 6.69. The number of amides is 2. The molecule has 142 valence electrons. The van der Waals surface area contributed by atoms with Gasteiger partial charge < -0.3 is 24.6 Å². The summed E-state index contributed by atoms with van der Waals surface area (Å²) in [7, 11) is 3.12. The summed E-state index contributed by atoms with van der Waals surface area (Å²) in [6.07, 6.45) is 3.14. The van der Waals surface area contributed by atoms with E-state index in [-0.39, 0.29) is 17.9 Å². The molecule has 0 bridgehead atoms. The Bertz CT molecular complexity index is 650. The molecule has 2 amide bonds. The fourth-order valence-electron chi connectivity index (χ4n) is 3.56. The second-order valence-corrected chi connectivity index (χ2v) is 6.69. The molecule has 2 heterocycles. The molecule has 2 fully saturated rings. The van der Waals surface area contributed by atoms with Crippen LogP contribution >= 0.6 is 0 Å². The first-order valence-corrected chi connectivity index (χ1v) is 9.17. The number of benzene rings is 1. The van der Waals surface area contributed by atoms with E-state index in [1.54, 1.807) is 37.3 Å². The van der Waals surface area contributed by atoms with Crippen molar-refractivity contribution in [3.63, 3.8) is 0 Å². The van der Waals surface area contributed by atoms with E-state index in [0.717, 1.165) is 25.8 Å². The van der Waals surface area contributed by atoms with Gasteiger partial charge in [0.2, 0.25) is 5.91 Å². The Balaban J connectivity index is 1.59. The van der Waals surface area contributed by atoms with Crippen molar-refractivity contribution in [2.75, 3.05) is 46.9 Å². The Morgan fingerprint density at radius 3 is 2.31 bits per heavy atom. The van der Waals surface area contributed by atoms with Crippen LogP contribution in [0.5, 0.6) is 11.5 Å². The predicted molar refractivity (Wildman–Crippen MR) is 97.7 cm³/mol. The molecule has 1 N–H and O–H groups in total. The van der Waals surface area contributed by atoms with Gasteiger partial charge >= 0.3 is 0 Å². The zero-order valence-corrected chi connectivity index (χ0v) is 15.5. The maximum atomic E-state index is 12.8. The predicted octanol–water partition coefficient (Wildman–Crippen LogP) is 1.13. The number of nitrogens with zero attached hydrogens (tertiary/aromatic N) is 2. The second kappa shape index (κ2) is 8.40. The number of piperidine rings is 1. The van der Waals surface area contributed by atoms with Crippen molar-refractivity contribution < 1.29 is 19.1 Å². The molecular weight excluding hydrogens is 334 g/mol. The summed E-state index contributed by atoms with van der Waals surface area (Å²) in [6.45, 7) is 3.16. The zero-order chi connectivity index (χ0) is 18.5. The number of rotatable bonds is 4. The minimum atomic E-state index is -0.0585. The molecule has 1 aromatic carbocycles. The van der Waals surface area contributed by atoms with Crippen LogP contribution in [0.2, 0.25) is 0 Å². The van der Waals surface area contributed by atoms with Gasteiger partial charge in [0.15, 0.2) is 11.5 Å². The van der Waals surface area contributed by atoms with E-state index in [0.29, 0.717) is 43.2 Å². The summed E-state index contributed by atoms with van der Waals surface area (Å²) in [5.74, 6) is 1.26. The largest absolute Gasteiger partial charge is 0.493 e. The van der Waals surface area contributed by atoms with Crippen molar-refractivity contribution in [3.8, 4) is 11.5 Å². The number of carbonyl (C=O) groups is 2. The molecule has 0 aliphatic carbocycles. The Morgan fingerprint density at radius 2 is 1.69 bits per heavy atom. The minimum absolute atomic E-state index is 0.0474. The van der Waals surface area contributed by atoms with Gasteiger partial charge in [0.05, 0.1) is 20.3 Å². The zero-order valence-electron chi connectivity index (χ0n) is 15.5. The Hall–Kier alpha value is -2.28. The molecule has 1 unspecified atom stereocenters. The highest BCUT2D eigenvalue weighted by molar-refractivity contribution is 5.95. The normalized spacial score (nSPS) is 20.6. The van der Waals surface area contributed by atoms with E-state index in [2.05, 4.69) is 5.32 Å². The van der Waals surface area contributed by atoms with Crippen molar-refractivity contribution in [1.82, 2.24) is 15.1 Å². The van der Waals surface area contributed by atoms with Crippen LogP contribution in [0, 0.1) is 0 Å². The Kier molecular flexibility index (Phi) is 5.98.